The fraction of sp³-hybridized carbons (Fsp3) is 0.556. The molecule has 7 heteroatoms. The van der Waals surface area contributed by atoms with Gasteiger partial charge in [-0.3, -0.25) is 9.59 Å². The van der Waals surface area contributed by atoms with E-state index in [0.29, 0.717) is 24.6 Å². The van der Waals surface area contributed by atoms with Crippen LogP contribution in [-0.4, -0.2) is 40.9 Å². The van der Waals surface area contributed by atoms with Gasteiger partial charge in [0.15, 0.2) is 0 Å². The Morgan fingerprint density at radius 3 is 2.52 bits per heavy atom. The van der Waals surface area contributed by atoms with E-state index in [0.717, 1.165) is 17.7 Å². The lowest BCUT2D eigenvalue weighted by atomic mass is 9.91. The summed E-state index contributed by atoms with van der Waals surface area (Å²) in [6.07, 6.45) is 1.21. The van der Waals surface area contributed by atoms with Crippen LogP contribution in [0.1, 0.15) is 32.8 Å². The first-order chi connectivity index (χ1) is 11.3. The average Bonchev–Trinajstić information content (AvgIpc) is 2.97. The topological polar surface area (TPSA) is 75.4 Å². The van der Waals surface area contributed by atoms with Crippen LogP contribution in [0.15, 0.2) is 24.3 Å². The van der Waals surface area contributed by atoms with Gasteiger partial charge in [-0.1, -0.05) is 32.9 Å². The number of anilines is 1. The molecule has 1 aromatic carbocycles. The molecule has 1 atom stereocenters. The first-order valence-electron chi connectivity index (χ1n) is 8.25. The van der Waals surface area contributed by atoms with Crippen LogP contribution in [-0.2, 0) is 16.0 Å². The van der Waals surface area contributed by atoms with Gasteiger partial charge in [-0.15, -0.1) is 24.2 Å². The van der Waals surface area contributed by atoms with E-state index in [2.05, 4.69) is 5.32 Å². The van der Waals surface area contributed by atoms with Gasteiger partial charge in [0.2, 0.25) is 11.8 Å². The highest BCUT2D eigenvalue weighted by Gasteiger charge is 2.35. The smallest absolute Gasteiger partial charge is 0.243 e. The third-order valence-corrected chi connectivity index (χ3v) is 4.89. The lowest BCUT2D eigenvalue weighted by Gasteiger charge is -2.26. The second-order valence-corrected chi connectivity index (χ2v) is 8.40. The molecule has 1 aliphatic heterocycles. The Labute approximate surface area is 160 Å². The largest absolute Gasteiger partial charge is 0.399 e. The number of rotatable bonds is 5. The molecule has 2 amide bonds. The molecule has 0 aromatic heterocycles. The molecule has 0 bridgehead atoms. The Morgan fingerprint density at radius 1 is 1.28 bits per heavy atom. The zero-order chi connectivity index (χ0) is 17.7. The van der Waals surface area contributed by atoms with Crippen molar-refractivity contribution in [1.82, 2.24) is 10.2 Å². The molecule has 1 saturated heterocycles. The second-order valence-electron chi connectivity index (χ2n) is 7.40. The summed E-state index contributed by atoms with van der Waals surface area (Å²) in [6.45, 7) is 6.67. The van der Waals surface area contributed by atoms with Gasteiger partial charge in [-0.25, -0.2) is 0 Å². The molecule has 3 N–H and O–H groups in total. The van der Waals surface area contributed by atoms with Gasteiger partial charge in [0.1, 0.15) is 6.04 Å². The minimum atomic E-state index is -0.351. The Bertz CT molecular complexity index is 587. The molecule has 5 nitrogen and oxygen atoms in total. The minimum Gasteiger partial charge on any atom is -0.399 e. The first kappa shape index (κ1) is 21.6. The minimum absolute atomic E-state index is 0. The quantitative estimate of drug-likeness (QED) is 0.764. The van der Waals surface area contributed by atoms with Gasteiger partial charge in [-0.2, -0.15) is 0 Å². The summed E-state index contributed by atoms with van der Waals surface area (Å²) >= 11 is 1.63. The third-order valence-electron chi connectivity index (χ3n) is 3.88. The number of amides is 2. The van der Waals surface area contributed by atoms with E-state index in [1.807, 2.05) is 45.0 Å². The molecule has 1 fully saturated rings. The van der Waals surface area contributed by atoms with Crippen molar-refractivity contribution < 1.29 is 9.59 Å². The lowest BCUT2D eigenvalue weighted by Crippen LogP contribution is -2.48. The van der Waals surface area contributed by atoms with Crippen LogP contribution in [0.3, 0.4) is 0 Å². The van der Waals surface area contributed by atoms with E-state index in [1.165, 1.54) is 0 Å². The normalized spacial score (nSPS) is 17.1. The number of hydrogen-bond donors (Lipinski definition) is 2. The van der Waals surface area contributed by atoms with Gasteiger partial charge in [0.25, 0.3) is 0 Å². The number of halogens is 1. The molecule has 0 spiro atoms. The lowest BCUT2D eigenvalue weighted by molar-refractivity contribution is -0.139. The Morgan fingerprint density at radius 2 is 1.92 bits per heavy atom. The fourth-order valence-corrected chi connectivity index (χ4v) is 3.77. The number of nitrogens with two attached hydrogens (primary N) is 1. The van der Waals surface area contributed by atoms with Crippen LogP contribution in [0.5, 0.6) is 0 Å². The van der Waals surface area contributed by atoms with Crippen molar-refractivity contribution in [3.63, 3.8) is 0 Å². The number of nitrogens with zero attached hydrogens (tertiary/aromatic N) is 1. The van der Waals surface area contributed by atoms with Crippen molar-refractivity contribution in [2.24, 2.45) is 5.41 Å². The zero-order valence-corrected chi connectivity index (χ0v) is 16.7. The standard InChI is InChI=1S/C18H27N3O2S.ClH/c1-18(2,3)10-16(22)21-12-24-11-15(21)17(23)20-9-8-13-4-6-14(19)7-5-13;/h4-7,15H,8-12,19H2,1-3H3,(H,20,23);1H. The number of carbonyl (C=O) groups excluding carboxylic acids is 2. The fourth-order valence-electron chi connectivity index (χ4n) is 2.59. The van der Waals surface area contributed by atoms with Crippen molar-refractivity contribution in [2.75, 3.05) is 23.9 Å². The van der Waals surface area contributed by atoms with Crippen LogP contribution in [0, 0.1) is 5.41 Å². The zero-order valence-electron chi connectivity index (χ0n) is 15.1. The molecule has 1 aromatic rings. The molecular weight excluding hydrogens is 358 g/mol. The average molecular weight is 386 g/mol. The van der Waals surface area contributed by atoms with Gasteiger partial charge < -0.3 is 16.0 Å². The highest BCUT2D eigenvalue weighted by molar-refractivity contribution is 7.99. The number of hydrogen-bond acceptors (Lipinski definition) is 4. The van der Waals surface area contributed by atoms with Crippen LogP contribution < -0.4 is 11.1 Å². The number of nitrogen functional groups attached to an aromatic ring is 1. The Kier molecular flexibility index (Phi) is 8.09. The molecule has 1 unspecified atom stereocenters. The molecule has 140 valence electrons. The summed E-state index contributed by atoms with van der Waals surface area (Å²) in [5, 5.41) is 2.96. The highest BCUT2D eigenvalue weighted by atomic mass is 35.5. The van der Waals surface area contributed by atoms with E-state index in [4.69, 9.17) is 5.73 Å². The van der Waals surface area contributed by atoms with E-state index in [9.17, 15) is 9.59 Å². The van der Waals surface area contributed by atoms with Crippen molar-refractivity contribution >= 4 is 41.7 Å². The van der Waals surface area contributed by atoms with Crippen LogP contribution in [0.2, 0.25) is 0 Å². The molecule has 1 heterocycles. The Hall–Kier alpha value is -1.40. The molecule has 25 heavy (non-hydrogen) atoms. The maximum atomic E-state index is 12.4. The highest BCUT2D eigenvalue weighted by Crippen LogP contribution is 2.26. The van der Waals surface area contributed by atoms with Gasteiger partial charge in [-0.05, 0) is 29.5 Å². The van der Waals surface area contributed by atoms with Crippen molar-refractivity contribution in [1.29, 1.82) is 0 Å². The number of carbonyl (C=O) groups is 2. The number of thioether (sulfide) groups is 1. The maximum absolute atomic E-state index is 12.4. The molecule has 0 saturated carbocycles. The molecule has 1 aliphatic rings. The molecular formula is C18H28ClN3O2S. The second kappa shape index (κ2) is 9.34. The van der Waals surface area contributed by atoms with Crippen molar-refractivity contribution in [2.45, 2.75) is 39.7 Å². The predicted molar refractivity (Wildman–Crippen MR) is 107 cm³/mol. The van der Waals surface area contributed by atoms with Crippen molar-refractivity contribution in [3.8, 4) is 0 Å². The van der Waals surface area contributed by atoms with Gasteiger partial charge >= 0.3 is 0 Å². The van der Waals surface area contributed by atoms with E-state index in [1.54, 1.807) is 16.7 Å². The van der Waals surface area contributed by atoms with Crippen LogP contribution in [0.25, 0.3) is 0 Å². The van der Waals surface area contributed by atoms with Crippen LogP contribution >= 0.6 is 24.2 Å². The van der Waals surface area contributed by atoms with E-state index >= 15 is 0 Å². The first-order valence-corrected chi connectivity index (χ1v) is 9.41. The SMILES string of the molecule is CC(C)(C)CC(=O)N1CSCC1C(=O)NCCc1ccc(N)cc1.Cl. The van der Waals surface area contributed by atoms with E-state index in [-0.39, 0.29) is 35.7 Å². The molecule has 2 rings (SSSR count). The van der Waals surface area contributed by atoms with Crippen LogP contribution in [0.4, 0.5) is 5.69 Å². The van der Waals surface area contributed by atoms with E-state index < -0.39 is 0 Å². The summed E-state index contributed by atoms with van der Waals surface area (Å²) in [7, 11) is 0. The molecule has 0 radical (unpaired) electrons. The summed E-state index contributed by atoms with van der Waals surface area (Å²) < 4.78 is 0. The predicted octanol–water partition coefficient (Wildman–Crippen LogP) is 2.69. The summed E-state index contributed by atoms with van der Waals surface area (Å²) in [5.74, 6) is 1.28. The maximum Gasteiger partial charge on any atom is 0.243 e. The summed E-state index contributed by atoms with van der Waals surface area (Å²) in [5.41, 5.74) is 7.46. The van der Waals surface area contributed by atoms with Crippen molar-refractivity contribution in [3.05, 3.63) is 29.8 Å². The number of nitrogens with one attached hydrogen (secondary N) is 1. The number of benzene rings is 1. The monoisotopic (exact) mass is 385 g/mol. The summed E-state index contributed by atoms with van der Waals surface area (Å²) in [4.78, 5) is 26.6. The Balaban J connectivity index is 0.00000312. The van der Waals surface area contributed by atoms with Gasteiger partial charge in [0.05, 0.1) is 5.88 Å². The van der Waals surface area contributed by atoms with Gasteiger partial charge in [0, 0.05) is 24.4 Å². The third kappa shape index (κ3) is 6.78. The summed E-state index contributed by atoms with van der Waals surface area (Å²) in [6, 6.07) is 7.30. The molecule has 0 aliphatic carbocycles.